The molecule has 1 saturated heterocycles. The van der Waals surface area contributed by atoms with Gasteiger partial charge in [-0.2, -0.15) is 11.8 Å². The van der Waals surface area contributed by atoms with Crippen LogP contribution in [-0.4, -0.2) is 59.7 Å². The Kier molecular flexibility index (Phi) is 7.27. The smallest absolute Gasteiger partial charge is 0.318 e. The first-order chi connectivity index (χ1) is 16.0. The van der Waals surface area contributed by atoms with Crippen molar-refractivity contribution < 1.29 is 14.3 Å². The maximum Gasteiger partial charge on any atom is 0.318 e. The summed E-state index contributed by atoms with van der Waals surface area (Å²) >= 11 is 1.63. The molecule has 1 aromatic heterocycles. The zero-order chi connectivity index (χ0) is 23.4. The second-order valence-corrected chi connectivity index (χ2v) is 9.59. The zero-order valence-electron chi connectivity index (χ0n) is 19.0. The number of amides is 3. The Morgan fingerprint density at radius 2 is 2.00 bits per heavy atom. The first-order valence-electron chi connectivity index (χ1n) is 11.2. The molecule has 0 saturated carbocycles. The number of piperidine rings is 1. The van der Waals surface area contributed by atoms with Gasteiger partial charge < -0.3 is 24.8 Å². The van der Waals surface area contributed by atoms with Gasteiger partial charge in [0, 0.05) is 49.1 Å². The summed E-state index contributed by atoms with van der Waals surface area (Å²) in [6.07, 6.45) is 3.48. The van der Waals surface area contributed by atoms with E-state index in [0.29, 0.717) is 37.5 Å². The van der Waals surface area contributed by atoms with Crippen LogP contribution in [0.25, 0.3) is 0 Å². The van der Waals surface area contributed by atoms with Gasteiger partial charge in [0.25, 0.3) is 5.56 Å². The number of hydrogen-bond acceptors (Lipinski definition) is 5. The molecule has 0 radical (unpaired) electrons. The Bertz CT molecular complexity index is 1070. The lowest BCUT2D eigenvalue weighted by molar-refractivity contribution is -0.118. The van der Waals surface area contributed by atoms with Gasteiger partial charge in [-0.15, -0.1) is 0 Å². The van der Waals surface area contributed by atoms with Crippen LogP contribution in [0.1, 0.15) is 24.5 Å². The molecule has 2 aromatic rings. The molecule has 3 atom stereocenters. The lowest BCUT2D eigenvalue weighted by atomic mass is 9.83. The number of nitrogens with one attached hydrogen (secondary N) is 2. The molecule has 8 nitrogen and oxygen atoms in total. The highest BCUT2D eigenvalue weighted by Gasteiger charge is 2.37. The molecule has 2 N–H and O–H groups in total. The lowest BCUT2D eigenvalue weighted by Gasteiger charge is -2.43. The van der Waals surface area contributed by atoms with E-state index in [4.69, 9.17) is 4.74 Å². The predicted molar refractivity (Wildman–Crippen MR) is 130 cm³/mol. The van der Waals surface area contributed by atoms with Gasteiger partial charge in [-0.3, -0.25) is 9.59 Å². The van der Waals surface area contributed by atoms with E-state index in [-0.39, 0.29) is 29.3 Å². The van der Waals surface area contributed by atoms with E-state index < -0.39 is 6.04 Å². The average Bonchev–Trinajstić information content (AvgIpc) is 2.82. The molecule has 2 aliphatic rings. The van der Waals surface area contributed by atoms with Crippen LogP contribution >= 0.6 is 11.8 Å². The van der Waals surface area contributed by atoms with Gasteiger partial charge in [-0.05, 0) is 49.0 Å². The minimum atomic E-state index is -0.646. The van der Waals surface area contributed by atoms with Gasteiger partial charge in [-0.1, -0.05) is 12.1 Å². The molecule has 4 rings (SSSR count). The number of rotatable bonds is 7. The second kappa shape index (κ2) is 10.3. The molecular weight excluding hydrogens is 440 g/mol. The van der Waals surface area contributed by atoms with Crippen LogP contribution in [0.15, 0.2) is 47.3 Å². The number of urea groups is 1. The molecule has 9 heteroatoms. The van der Waals surface area contributed by atoms with Crippen molar-refractivity contribution in [3.63, 3.8) is 0 Å². The number of anilines is 1. The summed E-state index contributed by atoms with van der Waals surface area (Å²) in [4.78, 5) is 40.2. The molecule has 2 bridgehead atoms. The summed E-state index contributed by atoms with van der Waals surface area (Å²) in [5.74, 6) is 1.51. The van der Waals surface area contributed by atoms with Crippen molar-refractivity contribution >= 4 is 29.4 Å². The first-order valence-corrected chi connectivity index (χ1v) is 12.6. The fraction of sp³-hybridized carbons (Fsp3) is 0.458. The van der Waals surface area contributed by atoms with Gasteiger partial charge in [0.05, 0.1) is 7.11 Å². The number of nitrogens with zero attached hydrogens (tertiary/aromatic N) is 2. The normalized spacial score (nSPS) is 19.9. The summed E-state index contributed by atoms with van der Waals surface area (Å²) in [5, 5.41) is 5.85. The topological polar surface area (TPSA) is 92.7 Å². The quantitative estimate of drug-likeness (QED) is 0.649. The largest absolute Gasteiger partial charge is 0.497 e. The van der Waals surface area contributed by atoms with Gasteiger partial charge in [-0.25, -0.2) is 4.79 Å². The van der Waals surface area contributed by atoms with E-state index in [1.807, 2.05) is 23.0 Å². The number of benzene rings is 1. The van der Waals surface area contributed by atoms with Gasteiger partial charge >= 0.3 is 6.03 Å². The first kappa shape index (κ1) is 23.2. The number of fused-ring (bicyclic) bond motifs is 4. The third-order valence-corrected chi connectivity index (χ3v) is 6.97. The van der Waals surface area contributed by atoms with Crippen LogP contribution in [0.5, 0.6) is 5.75 Å². The van der Waals surface area contributed by atoms with Crippen molar-refractivity contribution in [2.75, 3.05) is 37.5 Å². The Labute approximate surface area is 197 Å². The number of aromatic nitrogens is 1. The third-order valence-electron chi connectivity index (χ3n) is 6.33. The van der Waals surface area contributed by atoms with E-state index >= 15 is 0 Å². The molecule has 0 aliphatic carbocycles. The number of thioether (sulfide) groups is 1. The van der Waals surface area contributed by atoms with Gasteiger partial charge in [0.15, 0.2) is 0 Å². The number of methoxy groups -OCH3 is 1. The SMILES string of the molecule is COc1cccc(NC(=O)C(CCSC)NC(=O)N2CC3CC(C2)c2cccc(=O)n2C3)c1. The third kappa shape index (κ3) is 5.35. The van der Waals surface area contributed by atoms with Crippen LogP contribution < -0.4 is 20.9 Å². The van der Waals surface area contributed by atoms with E-state index in [9.17, 15) is 14.4 Å². The molecule has 2 aliphatic heterocycles. The molecule has 33 heavy (non-hydrogen) atoms. The monoisotopic (exact) mass is 470 g/mol. The summed E-state index contributed by atoms with van der Waals surface area (Å²) < 4.78 is 7.07. The standard InChI is InChI=1S/C24H30N4O4S/c1-32-19-6-3-5-18(12-19)25-23(30)20(9-10-33-2)26-24(31)27-13-16-11-17(15-27)21-7-4-8-22(29)28(21)14-16/h3-8,12,16-17,20H,9-11,13-15H2,1-2H3,(H,25,30)(H,26,31). The minimum Gasteiger partial charge on any atom is -0.497 e. The van der Waals surface area contributed by atoms with Crippen LogP contribution in [0, 0.1) is 5.92 Å². The number of carbonyl (C=O) groups excluding carboxylic acids is 2. The molecule has 3 heterocycles. The maximum absolute atomic E-state index is 13.2. The minimum absolute atomic E-state index is 0.0199. The van der Waals surface area contributed by atoms with Crippen molar-refractivity contribution in [2.24, 2.45) is 5.92 Å². The van der Waals surface area contributed by atoms with Crippen LogP contribution in [-0.2, 0) is 11.3 Å². The predicted octanol–water partition coefficient (Wildman–Crippen LogP) is 2.75. The molecule has 3 unspecified atom stereocenters. The van der Waals surface area contributed by atoms with Crippen molar-refractivity contribution in [3.8, 4) is 5.75 Å². The molecule has 3 amide bonds. The number of hydrogen-bond donors (Lipinski definition) is 2. The van der Waals surface area contributed by atoms with Crippen molar-refractivity contribution in [2.45, 2.75) is 31.3 Å². The lowest BCUT2D eigenvalue weighted by Crippen LogP contribution is -2.55. The van der Waals surface area contributed by atoms with Gasteiger partial charge in [0.1, 0.15) is 11.8 Å². The van der Waals surface area contributed by atoms with E-state index in [1.54, 1.807) is 54.1 Å². The highest BCUT2D eigenvalue weighted by molar-refractivity contribution is 7.98. The maximum atomic E-state index is 13.2. The highest BCUT2D eigenvalue weighted by Crippen LogP contribution is 2.34. The van der Waals surface area contributed by atoms with Crippen LogP contribution in [0.4, 0.5) is 10.5 Å². The van der Waals surface area contributed by atoms with E-state index in [2.05, 4.69) is 10.6 Å². The second-order valence-electron chi connectivity index (χ2n) is 8.61. The van der Waals surface area contributed by atoms with Crippen molar-refractivity contribution in [3.05, 3.63) is 58.5 Å². The van der Waals surface area contributed by atoms with Crippen molar-refractivity contribution in [1.82, 2.24) is 14.8 Å². The van der Waals surface area contributed by atoms with Gasteiger partial charge in [0.2, 0.25) is 5.91 Å². The van der Waals surface area contributed by atoms with E-state index in [1.165, 1.54) is 0 Å². The molecule has 1 aromatic carbocycles. The van der Waals surface area contributed by atoms with Crippen LogP contribution in [0.3, 0.4) is 0 Å². The van der Waals surface area contributed by atoms with Crippen LogP contribution in [0.2, 0.25) is 0 Å². The Morgan fingerprint density at radius 1 is 1.18 bits per heavy atom. The fourth-order valence-corrected chi connectivity index (χ4v) is 5.21. The molecule has 176 valence electrons. The highest BCUT2D eigenvalue weighted by atomic mass is 32.2. The molecular formula is C24H30N4O4S. The van der Waals surface area contributed by atoms with Crippen molar-refractivity contribution in [1.29, 1.82) is 0 Å². The summed E-state index contributed by atoms with van der Waals surface area (Å²) in [5.41, 5.74) is 1.63. The summed E-state index contributed by atoms with van der Waals surface area (Å²) in [6.45, 7) is 1.75. The Hall–Kier alpha value is -2.94. The summed E-state index contributed by atoms with van der Waals surface area (Å²) in [6, 6.07) is 11.6. The number of ether oxygens (including phenoxy) is 1. The fourth-order valence-electron chi connectivity index (χ4n) is 4.74. The van der Waals surface area contributed by atoms with E-state index in [0.717, 1.165) is 17.9 Å². The number of likely N-dealkylation sites (tertiary alicyclic amines) is 1. The summed E-state index contributed by atoms with van der Waals surface area (Å²) in [7, 11) is 1.57. The Balaban J connectivity index is 1.44. The number of carbonyl (C=O) groups is 2. The number of pyridine rings is 1. The average molecular weight is 471 g/mol. The molecule has 0 spiro atoms. The Morgan fingerprint density at radius 3 is 2.79 bits per heavy atom. The molecule has 1 fully saturated rings. The zero-order valence-corrected chi connectivity index (χ0v) is 19.8.